The number of anilines is 1. The first-order chi connectivity index (χ1) is 13.2. The van der Waals surface area contributed by atoms with Crippen LogP contribution in [0.2, 0.25) is 0 Å². The van der Waals surface area contributed by atoms with Gasteiger partial charge in [-0.25, -0.2) is 4.98 Å². The predicted molar refractivity (Wildman–Crippen MR) is 100 cm³/mol. The molecule has 0 aliphatic carbocycles. The third-order valence-electron chi connectivity index (χ3n) is 4.22. The van der Waals surface area contributed by atoms with Gasteiger partial charge in [0.05, 0.1) is 5.69 Å². The van der Waals surface area contributed by atoms with Gasteiger partial charge >= 0.3 is 6.36 Å². The number of ether oxygens (including phenoxy) is 1. The molecule has 0 saturated carbocycles. The highest BCUT2D eigenvalue weighted by Gasteiger charge is 2.31. The van der Waals surface area contributed by atoms with Crippen LogP contribution in [0.1, 0.15) is 16.7 Å². The molecule has 0 aliphatic heterocycles. The third-order valence-corrected chi connectivity index (χ3v) is 4.22. The standard InChI is InChI=1S/C21H16F3N3O/c1-12-3-8-16(13(2)9-12)19-10-17(18(11-25)20(26)27-19)14-4-6-15(7-5-14)28-21(22,23)24/h3-10H,1-2H3,(H2,26,27). The number of rotatable bonds is 3. The Morgan fingerprint density at radius 1 is 1.00 bits per heavy atom. The minimum Gasteiger partial charge on any atom is -0.406 e. The van der Waals surface area contributed by atoms with Crippen molar-refractivity contribution < 1.29 is 17.9 Å². The smallest absolute Gasteiger partial charge is 0.406 e. The lowest BCUT2D eigenvalue weighted by atomic mass is 9.96. The summed E-state index contributed by atoms with van der Waals surface area (Å²) in [6, 6.07) is 14.9. The second kappa shape index (κ2) is 7.24. The summed E-state index contributed by atoms with van der Waals surface area (Å²) in [5, 5.41) is 9.48. The number of benzene rings is 2. The minimum atomic E-state index is -4.77. The van der Waals surface area contributed by atoms with E-state index in [1.54, 1.807) is 6.07 Å². The number of aromatic nitrogens is 1. The number of nitrogens with zero attached hydrogens (tertiary/aromatic N) is 2. The van der Waals surface area contributed by atoms with Crippen LogP contribution in [0, 0.1) is 25.2 Å². The third kappa shape index (κ3) is 4.07. The van der Waals surface area contributed by atoms with E-state index in [0.29, 0.717) is 16.8 Å². The van der Waals surface area contributed by atoms with Crippen LogP contribution < -0.4 is 10.5 Å². The zero-order valence-corrected chi connectivity index (χ0v) is 15.1. The molecule has 28 heavy (non-hydrogen) atoms. The average molecular weight is 383 g/mol. The lowest BCUT2D eigenvalue weighted by Crippen LogP contribution is -2.16. The second-order valence-corrected chi connectivity index (χ2v) is 6.32. The Morgan fingerprint density at radius 2 is 1.68 bits per heavy atom. The van der Waals surface area contributed by atoms with Crippen molar-refractivity contribution in [2.75, 3.05) is 5.73 Å². The first-order valence-corrected chi connectivity index (χ1v) is 8.32. The number of hydrogen-bond donors (Lipinski definition) is 1. The van der Waals surface area contributed by atoms with Gasteiger partial charge in [-0.15, -0.1) is 13.2 Å². The maximum Gasteiger partial charge on any atom is 0.573 e. The first-order valence-electron chi connectivity index (χ1n) is 8.32. The topological polar surface area (TPSA) is 71.9 Å². The zero-order valence-electron chi connectivity index (χ0n) is 15.1. The number of hydrogen-bond acceptors (Lipinski definition) is 4. The van der Waals surface area contributed by atoms with Gasteiger partial charge in [0.15, 0.2) is 0 Å². The number of aryl methyl sites for hydroxylation is 2. The van der Waals surface area contributed by atoms with E-state index >= 15 is 0 Å². The average Bonchev–Trinajstić information content (AvgIpc) is 2.60. The Hall–Kier alpha value is -3.53. The van der Waals surface area contributed by atoms with Crippen LogP contribution in [0.3, 0.4) is 0 Å². The molecule has 0 atom stereocenters. The second-order valence-electron chi connectivity index (χ2n) is 6.32. The summed E-state index contributed by atoms with van der Waals surface area (Å²) in [4.78, 5) is 4.34. The number of pyridine rings is 1. The first kappa shape index (κ1) is 19.2. The van der Waals surface area contributed by atoms with Crippen molar-refractivity contribution in [1.29, 1.82) is 5.26 Å². The molecule has 0 aliphatic rings. The number of halogens is 3. The molecule has 7 heteroatoms. The van der Waals surface area contributed by atoms with Gasteiger partial charge in [-0.3, -0.25) is 0 Å². The van der Waals surface area contributed by atoms with Crippen molar-refractivity contribution in [2.24, 2.45) is 0 Å². The molecule has 1 heterocycles. The van der Waals surface area contributed by atoms with Gasteiger partial charge in [-0.05, 0) is 43.2 Å². The molecule has 0 spiro atoms. The molecule has 0 bridgehead atoms. The van der Waals surface area contributed by atoms with E-state index in [2.05, 4.69) is 9.72 Å². The molecule has 142 valence electrons. The van der Waals surface area contributed by atoms with E-state index in [4.69, 9.17) is 5.73 Å². The fraction of sp³-hybridized carbons (Fsp3) is 0.143. The van der Waals surface area contributed by atoms with Gasteiger partial charge in [0.2, 0.25) is 0 Å². The summed E-state index contributed by atoms with van der Waals surface area (Å²) in [5.41, 5.74) is 10.7. The van der Waals surface area contributed by atoms with Crippen molar-refractivity contribution in [1.82, 2.24) is 4.98 Å². The van der Waals surface area contributed by atoms with Crippen LogP contribution >= 0.6 is 0 Å². The van der Waals surface area contributed by atoms with E-state index in [0.717, 1.165) is 16.7 Å². The highest BCUT2D eigenvalue weighted by atomic mass is 19.4. The van der Waals surface area contributed by atoms with Crippen LogP contribution in [-0.2, 0) is 0 Å². The summed E-state index contributed by atoms with van der Waals surface area (Å²) in [7, 11) is 0. The molecule has 3 rings (SSSR count). The Balaban J connectivity index is 2.10. The number of nitriles is 1. The highest BCUT2D eigenvalue weighted by Crippen LogP contribution is 2.34. The van der Waals surface area contributed by atoms with E-state index < -0.39 is 6.36 Å². The van der Waals surface area contributed by atoms with Crippen LogP contribution in [0.4, 0.5) is 19.0 Å². The summed E-state index contributed by atoms with van der Waals surface area (Å²) < 4.78 is 41.0. The van der Waals surface area contributed by atoms with Gasteiger partial charge in [-0.2, -0.15) is 5.26 Å². The minimum absolute atomic E-state index is 0.0607. The normalized spacial score (nSPS) is 11.1. The summed E-state index contributed by atoms with van der Waals surface area (Å²) in [6.45, 7) is 3.93. The largest absolute Gasteiger partial charge is 0.573 e. The van der Waals surface area contributed by atoms with Gasteiger partial charge < -0.3 is 10.5 Å². The summed E-state index contributed by atoms with van der Waals surface area (Å²) in [6.07, 6.45) is -4.77. The number of nitrogens with two attached hydrogens (primary N) is 1. The van der Waals surface area contributed by atoms with Crippen molar-refractivity contribution >= 4 is 5.82 Å². The van der Waals surface area contributed by atoms with Crippen molar-refractivity contribution in [2.45, 2.75) is 20.2 Å². The maximum atomic E-state index is 12.4. The van der Waals surface area contributed by atoms with Gasteiger partial charge in [0.25, 0.3) is 0 Å². The highest BCUT2D eigenvalue weighted by molar-refractivity contribution is 5.81. The molecule has 0 fully saturated rings. The predicted octanol–water partition coefficient (Wildman–Crippen LogP) is 5.38. The summed E-state index contributed by atoms with van der Waals surface area (Å²) in [5.74, 6) is -0.281. The van der Waals surface area contributed by atoms with Gasteiger partial charge in [0.1, 0.15) is 23.2 Å². The zero-order chi connectivity index (χ0) is 20.5. The Kier molecular flexibility index (Phi) is 4.97. The fourth-order valence-electron chi connectivity index (χ4n) is 2.99. The molecule has 0 radical (unpaired) electrons. The lowest BCUT2D eigenvalue weighted by molar-refractivity contribution is -0.274. The molecule has 0 amide bonds. The van der Waals surface area contributed by atoms with Crippen LogP contribution in [0.15, 0.2) is 48.5 Å². The van der Waals surface area contributed by atoms with Crippen molar-refractivity contribution in [3.8, 4) is 34.2 Å². The quantitative estimate of drug-likeness (QED) is 0.659. The van der Waals surface area contributed by atoms with E-state index in [9.17, 15) is 18.4 Å². The van der Waals surface area contributed by atoms with Crippen LogP contribution in [0.5, 0.6) is 5.75 Å². The Bertz CT molecular complexity index is 1070. The molecular formula is C21H16F3N3O. The SMILES string of the molecule is Cc1ccc(-c2cc(-c3ccc(OC(F)(F)F)cc3)c(C#N)c(N)n2)c(C)c1. The molecule has 4 nitrogen and oxygen atoms in total. The van der Waals surface area contributed by atoms with Crippen LogP contribution in [-0.4, -0.2) is 11.3 Å². The van der Waals surface area contributed by atoms with Gasteiger partial charge in [0, 0.05) is 11.1 Å². The number of alkyl halides is 3. The lowest BCUT2D eigenvalue weighted by Gasteiger charge is -2.13. The molecular weight excluding hydrogens is 367 g/mol. The van der Waals surface area contributed by atoms with E-state index in [1.807, 2.05) is 38.1 Å². The van der Waals surface area contributed by atoms with Crippen LogP contribution in [0.25, 0.3) is 22.4 Å². The number of nitrogen functional groups attached to an aromatic ring is 1. The molecule has 2 aromatic carbocycles. The Morgan fingerprint density at radius 3 is 2.25 bits per heavy atom. The van der Waals surface area contributed by atoms with Gasteiger partial charge in [-0.1, -0.05) is 35.9 Å². The maximum absolute atomic E-state index is 12.4. The molecule has 1 aromatic heterocycles. The van der Waals surface area contributed by atoms with E-state index in [1.165, 1.54) is 24.3 Å². The van der Waals surface area contributed by atoms with Crippen molar-refractivity contribution in [3.05, 3.63) is 65.2 Å². The Labute approximate surface area is 160 Å². The molecule has 3 aromatic rings. The molecule has 0 unspecified atom stereocenters. The van der Waals surface area contributed by atoms with E-state index in [-0.39, 0.29) is 17.1 Å². The monoisotopic (exact) mass is 383 g/mol. The molecule has 0 saturated heterocycles. The fourth-order valence-corrected chi connectivity index (χ4v) is 2.99. The summed E-state index contributed by atoms with van der Waals surface area (Å²) >= 11 is 0. The molecule has 2 N–H and O–H groups in total. The van der Waals surface area contributed by atoms with Crippen molar-refractivity contribution in [3.63, 3.8) is 0 Å².